The fourth-order valence-electron chi connectivity index (χ4n) is 3.44. The molecule has 1 heterocycles. The molecule has 0 radical (unpaired) electrons. The summed E-state index contributed by atoms with van der Waals surface area (Å²) in [5.74, 6) is 1.85. The van der Waals surface area contributed by atoms with Gasteiger partial charge >= 0.3 is 0 Å². The highest BCUT2D eigenvalue weighted by Crippen LogP contribution is 2.31. The molecule has 3 atom stereocenters. The largest absolute Gasteiger partial charge is 0.342 e. The quantitative estimate of drug-likeness (QED) is 0.820. The van der Waals surface area contributed by atoms with Gasteiger partial charge in [-0.1, -0.05) is 20.3 Å². The fraction of sp³-hybridized carbons (Fsp3) is 0.933. The second kappa shape index (κ2) is 6.05. The van der Waals surface area contributed by atoms with Crippen molar-refractivity contribution in [2.24, 2.45) is 23.5 Å². The van der Waals surface area contributed by atoms with Gasteiger partial charge in [0, 0.05) is 25.0 Å². The second-order valence-electron chi connectivity index (χ2n) is 6.48. The van der Waals surface area contributed by atoms with Gasteiger partial charge in [0.05, 0.1) is 0 Å². The molecule has 3 unspecified atom stereocenters. The third kappa shape index (κ3) is 3.25. The molecule has 1 saturated carbocycles. The Balaban J connectivity index is 1.87. The molecule has 1 aliphatic heterocycles. The van der Waals surface area contributed by atoms with Crippen LogP contribution >= 0.6 is 0 Å². The Hall–Kier alpha value is -0.570. The van der Waals surface area contributed by atoms with Gasteiger partial charge < -0.3 is 10.6 Å². The average molecular weight is 252 g/mol. The smallest absolute Gasteiger partial charge is 0.225 e. The molecule has 18 heavy (non-hydrogen) atoms. The summed E-state index contributed by atoms with van der Waals surface area (Å²) in [4.78, 5) is 14.6. The average Bonchev–Trinajstić information content (AvgIpc) is 2.38. The summed E-state index contributed by atoms with van der Waals surface area (Å²) >= 11 is 0. The van der Waals surface area contributed by atoms with Crippen LogP contribution in [-0.4, -0.2) is 29.9 Å². The third-order valence-electron chi connectivity index (χ3n) is 4.95. The number of amides is 1. The van der Waals surface area contributed by atoms with E-state index in [0.29, 0.717) is 17.9 Å². The lowest BCUT2D eigenvalue weighted by Crippen LogP contribution is -2.44. The fourth-order valence-corrected chi connectivity index (χ4v) is 3.44. The van der Waals surface area contributed by atoms with E-state index in [1.54, 1.807) is 0 Å². The monoisotopic (exact) mass is 252 g/mol. The first-order chi connectivity index (χ1) is 8.58. The van der Waals surface area contributed by atoms with Crippen molar-refractivity contribution < 1.29 is 4.79 Å². The number of hydrogen-bond acceptors (Lipinski definition) is 2. The predicted molar refractivity (Wildman–Crippen MR) is 74.1 cm³/mol. The zero-order valence-corrected chi connectivity index (χ0v) is 11.9. The van der Waals surface area contributed by atoms with Gasteiger partial charge in [0.15, 0.2) is 0 Å². The summed E-state index contributed by atoms with van der Waals surface area (Å²) in [6.07, 6.45) is 6.90. The molecule has 1 saturated heterocycles. The molecule has 1 amide bonds. The topological polar surface area (TPSA) is 46.3 Å². The molecule has 0 aromatic rings. The van der Waals surface area contributed by atoms with Crippen LogP contribution in [0.5, 0.6) is 0 Å². The van der Waals surface area contributed by atoms with Crippen LogP contribution < -0.4 is 5.73 Å². The molecule has 2 N–H and O–H groups in total. The maximum Gasteiger partial charge on any atom is 0.225 e. The zero-order valence-electron chi connectivity index (χ0n) is 11.9. The number of hydrogen-bond donors (Lipinski definition) is 1. The molecule has 104 valence electrons. The van der Waals surface area contributed by atoms with E-state index >= 15 is 0 Å². The van der Waals surface area contributed by atoms with Crippen molar-refractivity contribution >= 4 is 5.91 Å². The van der Waals surface area contributed by atoms with Gasteiger partial charge in [-0.3, -0.25) is 4.79 Å². The van der Waals surface area contributed by atoms with Crippen LogP contribution in [0.1, 0.15) is 52.4 Å². The van der Waals surface area contributed by atoms with E-state index in [0.717, 1.165) is 31.8 Å². The van der Waals surface area contributed by atoms with E-state index in [4.69, 9.17) is 5.73 Å². The summed E-state index contributed by atoms with van der Waals surface area (Å²) in [5, 5.41) is 0. The first-order valence-electron chi connectivity index (χ1n) is 7.62. The van der Waals surface area contributed by atoms with Gasteiger partial charge in [0.25, 0.3) is 0 Å². The first kappa shape index (κ1) is 13.9. The Labute approximate surface area is 111 Å². The number of nitrogens with two attached hydrogens (primary N) is 1. The Morgan fingerprint density at radius 1 is 1.22 bits per heavy atom. The number of carbonyl (C=O) groups is 1. The molecular weight excluding hydrogens is 224 g/mol. The van der Waals surface area contributed by atoms with Crippen LogP contribution in [-0.2, 0) is 4.79 Å². The van der Waals surface area contributed by atoms with Crippen molar-refractivity contribution in [1.29, 1.82) is 0 Å². The maximum absolute atomic E-state index is 12.5. The number of piperidine rings is 1. The minimum atomic E-state index is 0.171. The zero-order chi connectivity index (χ0) is 13.1. The van der Waals surface area contributed by atoms with E-state index in [1.165, 1.54) is 25.7 Å². The highest BCUT2D eigenvalue weighted by molar-refractivity contribution is 5.78. The highest BCUT2D eigenvalue weighted by atomic mass is 16.2. The number of nitrogens with zero attached hydrogens (tertiary/aromatic N) is 1. The van der Waals surface area contributed by atoms with Crippen LogP contribution in [0, 0.1) is 17.8 Å². The Bertz CT molecular complexity index is 284. The van der Waals surface area contributed by atoms with Crippen molar-refractivity contribution in [3.05, 3.63) is 0 Å². The van der Waals surface area contributed by atoms with Crippen molar-refractivity contribution in [2.75, 3.05) is 13.1 Å². The van der Waals surface area contributed by atoms with Crippen LogP contribution in [0.25, 0.3) is 0 Å². The Kier molecular flexibility index (Phi) is 4.66. The minimum absolute atomic E-state index is 0.171. The van der Waals surface area contributed by atoms with Crippen LogP contribution in [0.4, 0.5) is 0 Å². The van der Waals surface area contributed by atoms with E-state index in [9.17, 15) is 4.79 Å². The number of carbonyl (C=O) groups excluding carboxylic acids is 1. The van der Waals surface area contributed by atoms with Crippen molar-refractivity contribution in [3.8, 4) is 0 Å². The normalized spacial score (nSPS) is 32.3. The second-order valence-corrected chi connectivity index (χ2v) is 6.48. The van der Waals surface area contributed by atoms with Crippen molar-refractivity contribution in [2.45, 2.75) is 58.4 Å². The van der Waals surface area contributed by atoms with Gasteiger partial charge in [0.2, 0.25) is 5.91 Å². The lowest BCUT2D eigenvalue weighted by atomic mass is 9.78. The summed E-state index contributed by atoms with van der Waals surface area (Å²) in [6, 6.07) is 0.320. The van der Waals surface area contributed by atoms with E-state index in [2.05, 4.69) is 18.7 Å². The highest BCUT2D eigenvalue weighted by Gasteiger charge is 2.32. The molecule has 2 fully saturated rings. The van der Waals surface area contributed by atoms with Crippen molar-refractivity contribution in [3.63, 3.8) is 0 Å². The van der Waals surface area contributed by atoms with Crippen LogP contribution in [0.15, 0.2) is 0 Å². The minimum Gasteiger partial charge on any atom is -0.342 e. The van der Waals surface area contributed by atoms with Crippen molar-refractivity contribution in [1.82, 2.24) is 4.90 Å². The molecule has 0 aromatic heterocycles. The molecule has 0 bridgehead atoms. The third-order valence-corrected chi connectivity index (χ3v) is 4.95. The van der Waals surface area contributed by atoms with Gasteiger partial charge in [0.1, 0.15) is 0 Å². The van der Waals surface area contributed by atoms with Gasteiger partial charge in [-0.05, 0) is 43.9 Å². The standard InChI is InChI=1S/C15H28N2O/c1-11-6-8-17(9-7-11)15(18)12(2)13-4-3-5-14(16)10-13/h11-14H,3-10,16H2,1-2H3. The molecular formula is C15H28N2O. The summed E-state index contributed by atoms with van der Waals surface area (Å²) < 4.78 is 0. The summed E-state index contributed by atoms with van der Waals surface area (Å²) in [5.41, 5.74) is 6.03. The maximum atomic E-state index is 12.5. The molecule has 2 aliphatic rings. The summed E-state index contributed by atoms with van der Waals surface area (Å²) in [7, 11) is 0. The molecule has 0 aromatic carbocycles. The lowest BCUT2D eigenvalue weighted by Gasteiger charge is -2.36. The molecule has 1 aliphatic carbocycles. The van der Waals surface area contributed by atoms with Gasteiger partial charge in [-0.15, -0.1) is 0 Å². The van der Waals surface area contributed by atoms with E-state index in [1.807, 2.05) is 0 Å². The molecule has 3 nitrogen and oxygen atoms in total. The van der Waals surface area contributed by atoms with E-state index < -0.39 is 0 Å². The molecule has 2 rings (SSSR count). The Morgan fingerprint density at radius 2 is 1.89 bits per heavy atom. The van der Waals surface area contributed by atoms with Crippen LogP contribution in [0.3, 0.4) is 0 Å². The Morgan fingerprint density at radius 3 is 2.50 bits per heavy atom. The number of rotatable bonds is 2. The molecule has 0 spiro atoms. The predicted octanol–water partition coefficient (Wildman–Crippen LogP) is 2.40. The molecule has 3 heteroatoms. The van der Waals surface area contributed by atoms with Gasteiger partial charge in [-0.2, -0.15) is 0 Å². The first-order valence-corrected chi connectivity index (χ1v) is 7.62. The van der Waals surface area contributed by atoms with Crippen LogP contribution in [0.2, 0.25) is 0 Å². The van der Waals surface area contributed by atoms with E-state index in [-0.39, 0.29) is 5.92 Å². The SMILES string of the molecule is CC1CCN(C(=O)C(C)C2CCCC(N)C2)CC1. The lowest BCUT2D eigenvalue weighted by molar-refractivity contribution is -0.138. The van der Waals surface area contributed by atoms with Gasteiger partial charge in [-0.25, -0.2) is 0 Å². The number of likely N-dealkylation sites (tertiary alicyclic amines) is 1. The summed E-state index contributed by atoms with van der Waals surface area (Å²) in [6.45, 7) is 6.32.